The summed E-state index contributed by atoms with van der Waals surface area (Å²) in [4.78, 5) is 9.91. The summed E-state index contributed by atoms with van der Waals surface area (Å²) in [5.74, 6) is 0. The summed E-state index contributed by atoms with van der Waals surface area (Å²) in [7, 11) is 0. The highest BCUT2D eigenvalue weighted by atomic mass is 32.1. The van der Waals surface area contributed by atoms with E-state index < -0.39 is 0 Å². The molecule has 0 aromatic carbocycles. The van der Waals surface area contributed by atoms with Crippen LogP contribution in [0.5, 0.6) is 0 Å². The van der Waals surface area contributed by atoms with Crippen molar-refractivity contribution in [1.82, 2.24) is 5.32 Å². The van der Waals surface area contributed by atoms with Crippen molar-refractivity contribution in [2.75, 3.05) is 6.54 Å². The molecule has 0 saturated carbocycles. The van der Waals surface area contributed by atoms with Gasteiger partial charge in [0.25, 0.3) is 5.24 Å². The lowest BCUT2D eigenvalue weighted by Gasteiger charge is -1.89. The highest BCUT2D eigenvalue weighted by Crippen LogP contribution is 1.72. The highest BCUT2D eigenvalue weighted by molar-refractivity contribution is 7.96. The van der Waals surface area contributed by atoms with Gasteiger partial charge in [0.05, 0.1) is 0 Å². The number of carbonyl (C=O) groups is 1. The molecular weight excluding hydrogens is 110 g/mol. The van der Waals surface area contributed by atoms with E-state index in [1.807, 2.05) is 0 Å². The molecule has 3 heteroatoms. The molecule has 0 radical (unpaired) electrons. The largest absolute Gasteiger partial charge is 0.344 e. The maximum atomic E-state index is 9.91. The number of hydrogen-bond acceptors (Lipinski definition) is 1. The topological polar surface area (TPSA) is 29.1 Å². The third-order valence-electron chi connectivity index (χ3n) is 0.398. The Morgan fingerprint density at radius 1 is 2.00 bits per heavy atom. The minimum absolute atomic E-state index is 0.320. The SMILES string of the molecule is C=CCNC(=O)S. The van der Waals surface area contributed by atoms with Crippen LogP contribution in [-0.2, 0) is 0 Å². The summed E-state index contributed by atoms with van der Waals surface area (Å²) >= 11 is 3.43. The molecule has 0 saturated heterocycles. The number of amides is 1. The van der Waals surface area contributed by atoms with Crippen molar-refractivity contribution in [3.05, 3.63) is 12.7 Å². The van der Waals surface area contributed by atoms with Gasteiger partial charge < -0.3 is 5.32 Å². The molecule has 0 aliphatic rings. The van der Waals surface area contributed by atoms with Gasteiger partial charge in [0.15, 0.2) is 0 Å². The Balaban J connectivity index is 2.97. The fourth-order valence-electron chi connectivity index (χ4n) is 0.159. The van der Waals surface area contributed by atoms with Crippen LogP contribution in [0, 0.1) is 0 Å². The molecule has 0 rings (SSSR count). The molecule has 0 aliphatic heterocycles. The Morgan fingerprint density at radius 3 is 2.71 bits per heavy atom. The lowest BCUT2D eigenvalue weighted by Crippen LogP contribution is -2.15. The molecule has 1 N–H and O–H groups in total. The zero-order chi connectivity index (χ0) is 5.70. The molecule has 0 bridgehead atoms. The average Bonchev–Trinajstić information content (AvgIpc) is 1.61. The van der Waals surface area contributed by atoms with Crippen LogP contribution in [0.3, 0.4) is 0 Å². The molecule has 1 amide bonds. The van der Waals surface area contributed by atoms with Crippen LogP contribution in [0.4, 0.5) is 4.79 Å². The first-order valence-electron chi connectivity index (χ1n) is 1.85. The third kappa shape index (κ3) is 5.56. The lowest BCUT2D eigenvalue weighted by atomic mass is 10.6. The molecule has 2 nitrogen and oxygen atoms in total. The Labute approximate surface area is 48.0 Å². The van der Waals surface area contributed by atoms with Gasteiger partial charge in [-0.1, -0.05) is 18.7 Å². The van der Waals surface area contributed by atoms with Gasteiger partial charge in [-0.25, -0.2) is 0 Å². The normalized spacial score (nSPS) is 7.57. The van der Waals surface area contributed by atoms with Crippen LogP contribution >= 0.6 is 12.6 Å². The van der Waals surface area contributed by atoms with Gasteiger partial charge in [0, 0.05) is 6.54 Å². The average molecular weight is 117 g/mol. The molecule has 0 aromatic heterocycles. The summed E-state index contributed by atoms with van der Waals surface area (Å²) in [6.07, 6.45) is 1.59. The number of nitrogens with one attached hydrogen (secondary N) is 1. The van der Waals surface area contributed by atoms with E-state index in [0.717, 1.165) is 0 Å². The van der Waals surface area contributed by atoms with Crippen molar-refractivity contribution in [3.63, 3.8) is 0 Å². The van der Waals surface area contributed by atoms with E-state index >= 15 is 0 Å². The quantitative estimate of drug-likeness (QED) is 0.407. The molecule has 0 aromatic rings. The van der Waals surface area contributed by atoms with Gasteiger partial charge in [0.2, 0.25) is 0 Å². The molecule has 0 heterocycles. The van der Waals surface area contributed by atoms with E-state index in [9.17, 15) is 4.79 Å². The maximum absolute atomic E-state index is 9.91. The Kier molecular flexibility index (Phi) is 3.50. The predicted octanol–water partition coefficient (Wildman–Crippen LogP) is 0.812. The van der Waals surface area contributed by atoms with E-state index in [1.54, 1.807) is 6.08 Å². The van der Waals surface area contributed by atoms with Gasteiger partial charge in [-0.05, 0) is 0 Å². The van der Waals surface area contributed by atoms with E-state index in [1.165, 1.54) is 0 Å². The second kappa shape index (κ2) is 3.74. The number of rotatable bonds is 2. The zero-order valence-electron chi connectivity index (χ0n) is 3.85. The number of hydrogen-bond donors (Lipinski definition) is 2. The van der Waals surface area contributed by atoms with Crippen LogP contribution in [0.15, 0.2) is 12.7 Å². The Bertz CT molecular complexity index is 81.8. The number of carbonyl (C=O) groups excluding carboxylic acids is 1. The predicted molar refractivity (Wildman–Crippen MR) is 32.6 cm³/mol. The van der Waals surface area contributed by atoms with Crippen LogP contribution < -0.4 is 5.32 Å². The zero-order valence-corrected chi connectivity index (χ0v) is 4.74. The monoisotopic (exact) mass is 117 g/mol. The van der Waals surface area contributed by atoms with E-state index in [-0.39, 0.29) is 5.24 Å². The molecule has 0 fully saturated rings. The summed E-state index contributed by atoms with van der Waals surface area (Å²) in [5.41, 5.74) is 0. The van der Waals surface area contributed by atoms with E-state index in [0.29, 0.717) is 6.54 Å². The lowest BCUT2D eigenvalue weighted by molar-refractivity contribution is 0.262. The van der Waals surface area contributed by atoms with Crippen LogP contribution in [0.1, 0.15) is 0 Å². The fraction of sp³-hybridized carbons (Fsp3) is 0.250. The van der Waals surface area contributed by atoms with Crippen LogP contribution in [0.25, 0.3) is 0 Å². The molecule has 0 unspecified atom stereocenters. The molecule has 40 valence electrons. The fourth-order valence-corrected chi connectivity index (χ4v) is 0.251. The minimum atomic E-state index is -0.320. The van der Waals surface area contributed by atoms with Gasteiger partial charge in [-0.2, -0.15) is 0 Å². The third-order valence-corrected chi connectivity index (χ3v) is 0.556. The Hall–Kier alpha value is -0.440. The summed E-state index contributed by atoms with van der Waals surface area (Å²) in [5, 5.41) is 2.08. The smallest absolute Gasteiger partial charge is 0.276 e. The highest BCUT2D eigenvalue weighted by Gasteiger charge is 1.82. The van der Waals surface area contributed by atoms with Gasteiger partial charge in [-0.3, -0.25) is 4.79 Å². The van der Waals surface area contributed by atoms with Crippen LogP contribution in [-0.4, -0.2) is 11.8 Å². The van der Waals surface area contributed by atoms with Gasteiger partial charge >= 0.3 is 0 Å². The summed E-state index contributed by atoms with van der Waals surface area (Å²) in [6.45, 7) is 3.87. The summed E-state index contributed by atoms with van der Waals surface area (Å²) in [6, 6.07) is 0. The van der Waals surface area contributed by atoms with Crippen molar-refractivity contribution in [2.24, 2.45) is 0 Å². The van der Waals surface area contributed by atoms with Crippen molar-refractivity contribution in [2.45, 2.75) is 0 Å². The first-order chi connectivity index (χ1) is 3.27. The molecule has 7 heavy (non-hydrogen) atoms. The standard InChI is InChI=1S/C4H7NOS/c1-2-3-5-4(6)7/h2H,1,3H2,(H2,5,6,7). The minimum Gasteiger partial charge on any atom is -0.344 e. The van der Waals surface area contributed by atoms with Crippen molar-refractivity contribution in [1.29, 1.82) is 0 Å². The first-order valence-corrected chi connectivity index (χ1v) is 2.29. The first kappa shape index (κ1) is 6.56. The second-order valence-electron chi connectivity index (χ2n) is 0.975. The summed E-state index contributed by atoms with van der Waals surface area (Å²) < 4.78 is 0. The van der Waals surface area contributed by atoms with E-state index in [4.69, 9.17) is 0 Å². The van der Waals surface area contributed by atoms with Gasteiger partial charge in [-0.15, -0.1) is 6.58 Å². The molecular formula is C4H7NOS. The second-order valence-corrected chi connectivity index (χ2v) is 1.38. The number of thiol groups is 1. The molecule has 0 atom stereocenters. The van der Waals surface area contributed by atoms with Crippen molar-refractivity contribution >= 4 is 17.9 Å². The van der Waals surface area contributed by atoms with Crippen molar-refractivity contribution < 1.29 is 4.79 Å². The molecule has 0 aliphatic carbocycles. The van der Waals surface area contributed by atoms with Gasteiger partial charge in [0.1, 0.15) is 0 Å². The maximum Gasteiger partial charge on any atom is 0.276 e. The molecule has 0 spiro atoms. The van der Waals surface area contributed by atoms with Crippen LogP contribution in [0.2, 0.25) is 0 Å². The van der Waals surface area contributed by atoms with E-state index in [2.05, 4.69) is 24.5 Å². The Morgan fingerprint density at radius 2 is 2.57 bits per heavy atom. The van der Waals surface area contributed by atoms with Crippen molar-refractivity contribution in [3.8, 4) is 0 Å².